The van der Waals surface area contributed by atoms with Gasteiger partial charge in [-0.15, -0.1) is 0 Å². The lowest BCUT2D eigenvalue weighted by molar-refractivity contribution is -0.273. The van der Waals surface area contributed by atoms with Gasteiger partial charge in [0, 0.05) is 6.92 Å². The molecular formula is C18H27NO8. The van der Waals surface area contributed by atoms with Crippen molar-refractivity contribution in [3.05, 3.63) is 23.8 Å². The summed E-state index contributed by atoms with van der Waals surface area (Å²) in [6.07, 6.45) is -4.77. The fourth-order valence-corrected chi connectivity index (χ4v) is 2.87. The quantitative estimate of drug-likeness (QED) is 0.474. The first kappa shape index (κ1) is 21.4. The van der Waals surface area contributed by atoms with Gasteiger partial charge in [0.25, 0.3) is 0 Å². The molecule has 0 aromatic heterocycles. The Balaban J connectivity index is 2.11. The van der Waals surface area contributed by atoms with Crippen molar-refractivity contribution in [3.8, 4) is 11.5 Å². The largest absolute Gasteiger partial charge is 0.493 e. The molecular weight excluding hydrogens is 358 g/mol. The fourth-order valence-electron chi connectivity index (χ4n) is 2.87. The van der Waals surface area contributed by atoms with Crippen LogP contribution in [0.15, 0.2) is 18.2 Å². The standard InChI is InChI=1S/C18H27NO8/c1-4-25-12-6-5-11(7-13(12)24-3)9-26-18-15(19-10(2)21)17(23)16(22)14(8-20)27-18/h5-7,14-18,20,22-23H,4,8-9H2,1-3H3,(H,19,21)/t14-,15-,16+,17-,18-/m0/s1. The Morgan fingerprint density at radius 2 is 2.00 bits per heavy atom. The summed E-state index contributed by atoms with van der Waals surface area (Å²) in [6, 6.07) is 4.31. The van der Waals surface area contributed by atoms with E-state index in [9.17, 15) is 20.1 Å². The van der Waals surface area contributed by atoms with E-state index in [2.05, 4.69) is 5.32 Å². The normalized spacial score (nSPS) is 27.9. The van der Waals surface area contributed by atoms with Gasteiger partial charge in [0.1, 0.15) is 24.4 Å². The number of carbonyl (C=O) groups excluding carboxylic acids is 1. The van der Waals surface area contributed by atoms with E-state index in [-0.39, 0.29) is 6.61 Å². The zero-order valence-electron chi connectivity index (χ0n) is 15.6. The predicted octanol–water partition coefficient (Wildman–Crippen LogP) is -0.446. The van der Waals surface area contributed by atoms with Crippen molar-refractivity contribution in [1.29, 1.82) is 0 Å². The molecule has 0 spiro atoms. The van der Waals surface area contributed by atoms with Gasteiger partial charge in [0.2, 0.25) is 5.91 Å². The Morgan fingerprint density at radius 3 is 2.59 bits per heavy atom. The third kappa shape index (κ3) is 5.30. The SMILES string of the molecule is CCOc1ccc(CO[C@H]2O[C@@H](CO)[C@@H](O)[C@@H](O)[C@@H]2NC(C)=O)cc1OC. The third-order valence-electron chi connectivity index (χ3n) is 4.19. The average molecular weight is 385 g/mol. The Morgan fingerprint density at radius 1 is 1.26 bits per heavy atom. The number of hydrogen-bond donors (Lipinski definition) is 4. The van der Waals surface area contributed by atoms with Gasteiger partial charge in [-0.2, -0.15) is 0 Å². The molecule has 1 saturated heterocycles. The molecule has 1 amide bonds. The maximum absolute atomic E-state index is 11.4. The topological polar surface area (TPSA) is 127 Å². The van der Waals surface area contributed by atoms with Gasteiger partial charge in [0.05, 0.1) is 26.9 Å². The minimum absolute atomic E-state index is 0.0878. The molecule has 1 aliphatic rings. The van der Waals surface area contributed by atoms with E-state index >= 15 is 0 Å². The summed E-state index contributed by atoms with van der Waals surface area (Å²) in [5.74, 6) is 0.742. The summed E-state index contributed by atoms with van der Waals surface area (Å²) < 4.78 is 22.0. The lowest BCUT2D eigenvalue weighted by Crippen LogP contribution is -2.64. The first-order chi connectivity index (χ1) is 12.9. The zero-order chi connectivity index (χ0) is 20.0. The van der Waals surface area contributed by atoms with Gasteiger partial charge in [0.15, 0.2) is 17.8 Å². The number of hydrogen-bond acceptors (Lipinski definition) is 8. The van der Waals surface area contributed by atoms with Gasteiger partial charge in [-0.3, -0.25) is 4.79 Å². The molecule has 1 aliphatic heterocycles. The molecule has 152 valence electrons. The molecule has 27 heavy (non-hydrogen) atoms. The third-order valence-corrected chi connectivity index (χ3v) is 4.19. The van der Waals surface area contributed by atoms with E-state index in [1.165, 1.54) is 14.0 Å². The van der Waals surface area contributed by atoms with Gasteiger partial charge in [-0.1, -0.05) is 6.07 Å². The van der Waals surface area contributed by atoms with Crippen LogP contribution in [0.3, 0.4) is 0 Å². The predicted molar refractivity (Wildman–Crippen MR) is 94.3 cm³/mol. The smallest absolute Gasteiger partial charge is 0.217 e. The maximum atomic E-state index is 11.4. The van der Waals surface area contributed by atoms with E-state index in [0.717, 1.165) is 5.56 Å². The van der Waals surface area contributed by atoms with Crippen molar-refractivity contribution < 1.29 is 39.1 Å². The number of benzene rings is 1. The Labute approximate surface area is 157 Å². The van der Waals surface area contributed by atoms with Crippen molar-refractivity contribution in [2.24, 2.45) is 0 Å². The van der Waals surface area contributed by atoms with Crippen LogP contribution >= 0.6 is 0 Å². The highest BCUT2D eigenvalue weighted by Crippen LogP contribution is 2.29. The first-order valence-electron chi connectivity index (χ1n) is 8.72. The van der Waals surface area contributed by atoms with E-state index in [0.29, 0.717) is 18.1 Å². The first-order valence-corrected chi connectivity index (χ1v) is 8.72. The molecule has 9 heteroatoms. The van der Waals surface area contributed by atoms with Crippen molar-refractivity contribution in [1.82, 2.24) is 5.32 Å². The van der Waals surface area contributed by atoms with Crippen LogP contribution in [0.2, 0.25) is 0 Å². The summed E-state index contributed by atoms with van der Waals surface area (Å²) in [7, 11) is 1.53. The van der Waals surface area contributed by atoms with Crippen LogP contribution in [0.1, 0.15) is 19.4 Å². The van der Waals surface area contributed by atoms with Crippen LogP contribution in [0.5, 0.6) is 11.5 Å². The molecule has 1 aromatic carbocycles. The molecule has 0 unspecified atom stereocenters. The Hall–Kier alpha value is -1.91. The Bertz CT molecular complexity index is 625. The van der Waals surface area contributed by atoms with Crippen molar-refractivity contribution in [2.75, 3.05) is 20.3 Å². The molecule has 0 radical (unpaired) electrons. The summed E-state index contributed by atoms with van der Waals surface area (Å²) in [6.45, 7) is 3.25. The lowest BCUT2D eigenvalue weighted by atomic mass is 9.97. The van der Waals surface area contributed by atoms with E-state index < -0.39 is 43.2 Å². The van der Waals surface area contributed by atoms with Crippen LogP contribution in [0, 0.1) is 0 Å². The van der Waals surface area contributed by atoms with Crippen LogP contribution in [-0.2, 0) is 20.9 Å². The average Bonchev–Trinajstić information content (AvgIpc) is 2.65. The van der Waals surface area contributed by atoms with Crippen molar-refractivity contribution >= 4 is 5.91 Å². The van der Waals surface area contributed by atoms with Crippen LogP contribution < -0.4 is 14.8 Å². The fraction of sp³-hybridized carbons (Fsp3) is 0.611. The molecule has 9 nitrogen and oxygen atoms in total. The molecule has 2 rings (SSSR count). The van der Waals surface area contributed by atoms with Crippen LogP contribution in [-0.4, -0.2) is 72.2 Å². The van der Waals surface area contributed by atoms with E-state index in [1.54, 1.807) is 18.2 Å². The zero-order valence-corrected chi connectivity index (χ0v) is 15.6. The van der Waals surface area contributed by atoms with Gasteiger partial charge < -0.3 is 39.6 Å². The van der Waals surface area contributed by atoms with Crippen LogP contribution in [0.4, 0.5) is 0 Å². The lowest BCUT2D eigenvalue weighted by Gasteiger charge is -2.42. The second-order valence-electron chi connectivity index (χ2n) is 6.16. The number of rotatable bonds is 8. The van der Waals surface area contributed by atoms with Gasteiger partial charge in [-0.25, -0.2) is 0 Å². The molecule has 5 atom stereocenters. The number of aliphatic hydroxyl groups excluding tert-OH is 3. The highest BCUT2D eigenvalue weighted by Gasteiger charge is 2.45. The van der Waals surface area contributed by atoms with E-state index in [1.807, 2.05) is 6.92 Å². The van der Waals surface area contributed by atoms with Crippen molar-refractivity contribution in [3.63, 3.8) is 0 Å². The molecule has 0 aliphatic carbocycles. The molecule has 1 aromatic rings. The van der Waals surface area contributed by atoms with Crippen LogP contribution in [0.25, 0.3) is 0 Å². The maximum Gasteiger partial charge on any atom is 0.217 e. The van der Waals surface area contributed by atoms with Crippen molar-refractivity contribution in [2.45, 2.75) is 51.1 Å². The molecule has 4 N–H and O–H groups in total. The number of methoxy groups -OCH3 is 1. The van der Waals surface area contributed by atoms with E-state index in [4.69, 9.17) is 18.9 Å². The van der Waals surface area contributed by atoms with Gasteiger partial charge in [-0.05, 0) is 24.6 Å². The highest BCUT2D eigenvalue weighted by atomic mass is 16.7. The molecule has 1 heterocycles. The monoisotopic (exact) mass is 385 g/mol. The number of amides is 1. The Kier molecular flexibility index (Phi) is 7.81. The summed E-state index contributed by atoms with van der Waals surface area (Å²) in [5, 5.41) is 32.1. The molecule has 1 fully saturated rings. The minimum atomic E-state index is -1.35. The number of aliphatic hydroxyl groups is 3. The molecule has 0 bridgehead atoms. The summed E-state index contributed by atoms with van der Waals surface area (Å²) in [4.78, 5) is 11.4. The number of carbonyl (C=O) groups is 1. The second-order valence-corrected chi connectivity index (χ2v) is 6.16. The number of nitrogens with one attached hydrogen (secondary N) is 1. The summed E-state index contributed by atoms with van der Waals surface area (Å²) >= 11 is 0. The summed E-state index contributed by atoms with van der Waals surface area (Å²) in [5.41, 5.74) is 0.752. The second kappa shape index (κ2) is 9.86. The molecule has 0 saturated carbocycles. The number of ether oxygens (including phenoxy) is 4. The highest BCUT2D eigenvalue weighted by molar-refractivity contribution is 5.73. The van der Waals surface area contributed by atoms with Gasteiger partial charge >= 0.3 is 0 Å². The minimum Gasteiger partial charge on any atom is -0.493 e.